The van der Waals surface area contributed by atoms with Crippen LogP contribution in [0.2, 0.25) is 5.15 Å². The SMILES string of the molecule is Cc1cc(Cl)nc(Nc2cc(C)ccc2C)c1. The van der Waals surface area contributed by atoms with Crippen molar-refractivity contribution in [3.63, 3.8) is 0 Å². The first-order valence-corrected chi connectivity index (χ1v) is 5.91. The Morgan fingerprint density at radius 2 is 1.76 bits per heavy atom. The number of hydrogen-bond acceptors (Lipinski definition) is 2. The van der Waals surface area contributed by atoms with Gasteiger partial charge in [-0.1, -0.05) is 23.7 Å². The Morgan fingerprint density at radius 3 is 2.47 bits per heavy atom. The third kappa shape index (κ3) is 2.98. The topological polar surface area (TPSA) is 24.9 Å². The second kappa shape index (κ2) is 4.76. The van der Waals surface area contributed by atoms with Crippen molar-refractivity contribution in [3.05, 3.63) is 52.2 Å². The van der Waals surface area contributed by atoms with Crippen LogP contribution < -0.4 is 5.32 Å². The van der Waals surface area contributed by atoms with Crippen molar-refractivity contribution >= 4 is 23.1 Å². The molecule has 2 rings (SSSR count). The van der Waals surface area contributed by atoms with E-state index in [1.54, 1.807) is 0 Å². The Balaban J connectivity index is 2.34. The zero-order valence-corrected chi connectivity index (χ0v) is 11.0. The molecule has 0 saturated heterocycles. The molecule has 2 nitrogen and oxygen atoms in total. The zero-order valence-electron chi connectivity index (χ0n) is 10.2. The fraction of sp³-hybridized carbons (Fsp3) is 0.214. The zero-order chi connectivity index (χ0) is 12.4. The van der Waals surface area contributed by atoms with E-state index in [0.717, 1.165) is 17.1 Å². The van der Waals surface area contributed by atoms with Crippen LogP contribution in [0.25, 0.3) is 0 Å². The Bertz CT molecular complexity index is 530. The largest absolute Gasteiger partial charge is 0.340 e. The Morgan fingerprint density at radius 1 is 1.00 bits per heavy atom. The van der Waals surface area contributed by atoms with Crippen molar-refractivity contribution in [1.82, 2.24) is 4.98 Å². The van der Waals surface area contributed by atoms with Crippen molar-refractivity contribution in [2.45, 2.75) is 20.8 Å². The van der Waals surface area contributed by atoms with Gasteiger partial charge >= 0.3 is 0 Å². The minimum Gasteiger partial charge on any atom is -0.340 e. The summed E-state index contributed by atoms with van der Waals surface area (Å²) >= 11 is 5.94. The van der Waals surface area contributed by atoms with Crippen LogP contribution in [0.4, 0.5) is 11.5 Å². The first-order chi connectivity index (χ1) is 8.04. The maximum atomic E-state index is 5.94. The summed E-state index contributed by atoms with van der Waals surface area (Å²) in [6.07, 6.45) is 0. The number of aromatic nitrogens is 1. The van der Waals surface area contributed by atoms with Gasteiger partial charge < -0.3 is 5.32 Å². The van der Waals surface area contributed by atoms with Gasteiger partial charge in [-0.2, -0.15) is 0 Å². The monoisotopic (exact) mass is 246 g/mol. The van der Waals surface area contributed by atoms with Gasteiger partial charge in [-0.25, -0.2) is 4.98 Å². The van der Waals surface area contributed by atoms with Crippen molar-refractivity contribution in [1.29, 1.82) is 0 Å². The van der Waals surface area contributed by atoms with Crippen LogP contribution in [0.5, 0.6) is 0 Å². The standard InChI is InChI=1S/C14H15ClN2/c1-9-4-5-11(3)12(6-9)16-14-8-10(2)7-13(15)17-14/h4-8H,1-3H3,(H,16,17). The van der Waals surface area contributed by atoms with Gasteiger partial charge in [0, 0.05) is 5.69 Å². The predicted octanol–water partition coefficient (Wildman–Crippen LogP) is 4.40. The van der Waals surface area contributed by atoms with Crippen molar-refractivity contribution < 1.29 is 0 Å². The lowest BCUT2D eigenvalue weighted by Gasteiger charge is -2.10. The molecule has 3 heteroatoms. The van der Waals surface area contributed by atoms with E-state index in [-0.39, 0.29) is 0 Å². The van der Waals surface area contributed by atoms with E-state index >= 15 is 0 Å². The highest BCUT2D eigenvalue weighted by Crippen LogP contribution is 2.22. The minimum absolute atomic E-state index is 0.512. The normalized spacial score (nSPS) is 10.4. The van der Waals surface area contributed by atoms with Gasteiger partial charge in [-0.3, -0.25) is 0 Å². The van der Waals surface area contributed by atoms with Crippen molar-refractivity contribution in [3.8, 4) is 0 Å². The molecule has 2 aromatic rings. The number of nitrogens with zero attached hydrogens (tertiary/aromatic N) is 1. The second-order valence-electron chi connectivity index (χ2n) is 4.30. The lowest BCUT2D eigenvalue weighted by atomic mass is 10.1. The molecule has 0 spiro atoms. The molecule has 0 atom stereocenters. The Labute approximate surface area is 107 Å². The second-order valence-corrected chi connectivity index (χ2v) is 4.68. The molecular weight excluding hydrogens is 232 g/mol. The average Bonchev–Trinajstić information content (AvgIpc) is 2.22. The quantitative estimate of drug-likeness (QED) is 0.795. The number of benzene rings is 1. The van der Waals surface area contributed by atoms with Gasteiger partial charge in [0.15, 0.2) is 0 Å². The summed E-state index contributed by atoms with van der Waals surface area (Å²) in [5.74, 6) is 0.781. The number of rotatable bonds is 2. The van der Waals surface area contributed by atoms with E-state index in [2.05, 4.69) is 42.3 Å². The van der Waals surface area contributed by atoms with Crippen molar-refractivity contribution in [2.75, 3.05) is 5.32 Å². The molecule has 0 radical (unpaired) electrons. The number of halogens is 1. The maximum Gasteiger partial charge on any atom is 0.132 e. The van der Waals surface area contributed by atoms with Gasteiger partial charge in [0.1, 0.15) is 11.0 Å². The fourth-order valence-corrected chi connectivity index (χ4v) is 1.96. The average molecular weight is 247 g/mol. The van der Waals surface area contributed by atoms with Gasteiger partial charge in [-0.15, -0.1) is 0 Å². The molecule has 1 heterocycles. The van der Waals surface area contributed by atoms with Crippen LogP contribution >= 0.6 is 11.6 Å². The summed E-state index contributed by atoms with van der Waals surface area (Å²) in [4.78, 5) is 4.25. The van der Waals surface area contributed by atoms with Crippen LogP contribution in [0.1, 0.15) is 16.7 Å². The highest BCUT2D eigenvalue weighted by atomic mass is 35.5. The molecule has 1 N–H and O–H groups in total. The molecule has 0 aliphatic carbocycles. The molecule has 0 aliphatic heterocycles. The molecule has 17 heavy (non-hydrogen) atoms. The van der Waals surface area contributed by atoms with Crippen LogP contribution in [-0.2, 0) is 0 Å². The molecule has 0 fully saturated rings. The maximum absolute atomic E-state index is 5.94. The Hall–Kier alpha value is -1.54. The molecule has 1 aromatic carbocycles. The minimum atomic E-state index is 0.512. The first kappa shape index (κ1) is 11.9. The van der Waals surface area contributed by atoms with Crippen molar-refractivity contribution in [2.24, 2.45) is 0 Å². The third-order valence-corrected chi connectivity index (χ3v) is 2.79. The third-order valence-electron chi connectivity index (χ3n) is 2.59. The molecule has 1 aromatic heterocycles. The molecular formula is C14H15ClN2. The molecule has 0 amide bonds. The van der Waals surface area contributed by atoms with E-state index < -0.39 is 0 Å². The highest BCUT2D eigenvalue weighted by molar-refractivity contribution is 6.29. The van der Waals surface area contributed by atoms with Gasteiger partial charge in [0.05, 0.1) is 0 Å². The van der Waals surface area contributed by atoms with Gasteiger partial charge in [0.2, 0.25) is 0 Å². The molecule has 0 saturated carbocycles. The van der Waals surface area contributed by atoms with E-state index in [1.807, 2.05) is 19.1 Å². The van der Waals surface area contributed by atoms with E-state index in [1.165, 1.54) is 11.1 Å². The summed E-state index contributed by atoms with van der Waals surface area (Å²) in [6, 6.07) is 10.1. The lowest BCUT2D eigenvalue weighted by Crippen LogP contribution is -1.97. The highest BCUT2D eigenvalue weighted by Gasteiger charge is 2.02. The van der Waals surface area contributed by atoms with E-state index in [0.29, 0.717) is 5.15 Å². The number of pyridine rings is 1. The number of aryl methyl sites for hydroxylation is 3. The van der Waals surface area contributed by atoms with Crippen LogP contribution in [0.3, 0.4) is 0 Å². The van der Waals surface area contributed by atoms with E-state index in [4.69, 9.17) is 11.6 Å². The summed E-state index contributed by atoms with van der Waals surface area (Å²) in [5, 5.41) is 3.81. The smallest absolute Gasteiger partial charge is 0.132 e. The van der Waals surface area contributed by atoms with Crippen LogP contribution in [0, 0.1) is 20.8 Å². The lowest BCUT2D eigenvalue weighted by molar-refractivity contribution is 1.26. The predicted molar refractivity (Wildman–Crippen MR) is 73.2 cm³/mol. The molecule has 0 aliphatic rings. The number of anilines is 2. The summed E-state index contributed by atoms with van der Waals surface area (Å²) in [6.45, 7) is 6.14. The number of nitrogens with one attached hydrogen (secondary N) is 1. The number of hydrogen-bond donors (Lipinski definition) is 1. The fourth-order valence-electron chi connectivity index (χ4n) is 1.70. The van der Waals surface area contributed by atoms with Gasteiger partial charge in [0.25, 0.3) is 0 Å². The summed E-state index contributed by atoms with van der Waals surface area (Å²) in [7, 11) is 0. The van der Waals surface area contributed by atoms with Gasteiger partial charge in [-0.05, 0) is 55.7 Å². The molecule has 0 bridgehead atoms. The summed E-state index contributed by atoms with van der Waals surface area (Å²) < 4.78 is 0. The molecule has 88 valence electrons. The van der Waals surface area contributed by atoms with E-state index in [9.17, 15) is 0 Å². The van der Waals surface area contributed by atoms with Crippen LogP contribution in [0.15, 0.2) is 30.3 Å². The first-order valence-electron chi connectivity index (χ1n) is 5.53. The molecule has 0 unspecified atom stereocenters. The Kier molecular flexibility index (Phi) is 3.34. The summed E-state index contributed by atoms with van der Waals surface area (Å²) in [5.41, 5.74) is 4.57. The van der Waals surface area contributed by atoms with Crippen LogP contribution in [-0.4, -0.2) is 4.98 Å².